The van der Waals surface area contributed by atoms with Crippen LogP contribution in [0.2, 0.25) is 0 Å². The molecule has 6 rings (SSSR count). The first kappa shape index (κ1) is 30.7. The summed E-state index contributed by atoms with van der Waals surface area (Å²) < 4.78 is 0. The Hall–Kier alpha value is -4.31. The lowest BCUT2D eigenvalue weighted by atomic mass is 9.80. The average Bonchev–Trinajstić information content (AvgIpc) is 3.86. The number of ketones is 1. The molecule has 0 bridgehead atoms. The largest absolute Gasteiger partial charge is 0.401 e. The molecule has 0 spiro atoms. The van der Waals surface area contributed by atoms with Gasteiger partial charge in [-0.3, -0.25) is 19.6 Å². The van der Waals surface area contributed by atoms with E-state index in [9.17, 15) is 14.4 Å². The zero-order valence-corrected chi connectivity index (χ0v) is 25.7. The maximum atomic E-state index is 13.3. The molecule has 1 aromatic heterocycles. The van der Waals surface area contributed by atoms with Crippen LogP contribution in [0, 0.1) is 23.7 Å². The van der Waals surface area contributed by atoms with Crippen LogP contribution in [0.3, 0.4) is 0 Å². The Balaban J connectivity index is 1.07. The van der Waals surface area contributed by atoms with Crippen LogP contribution in [0.15, 0.2) is 53.8 Å². The van der Waals surface area contributed by atoms with Crippen LogP contribution in [0.4, 0.5) is 11.4 Å². The number of carbonyl (C=O) groups excluding carboxylic acids is 3. The van der Waals surface area contributed by atoms with E-state index in [4.69, 9.17) is 21.4 Å². The second-order valence-electron chi connectivity index (χ2n) is 12.8. The van der Waals surface area contributed by atoms with Crippen LogP contribution in [0.5, 0.6) is 0 Å². The predicted molar refractivity (Wildman–Crippen MR) is 178 cm³/mol. The number of aldehydes is 1. The molecule has 2 unspecified atom stereocenters. The molecule has 6 N–H and O–H groups in total. The molecule has 1 amide bonds. The minimum absolute atomic E-state index is 0.159. The maximum Gasteiger partial charge on any atom is 0.221 e. The molecule has 0 radical (unpaired) electrons. The summed E-state index contributed by atoms with van der Waals surface area (Å²) in [4.78, 5) is 48.5. The quantitative estimate of drug-likeness (QED) is 0.199. The van der Waals surface area contributed by atoms with Gasteiger partial charge in [0.15, 0.2) is 5.78 Å². The van der Waals surface area contributed by atoms with E-state index in [0.717, 1.165) is 98.6 Å². The SMILES string of the molecule is C=C1c2ccc(NCC3CC(N=CC(=C(N)C4CC4)c4ncccc4N4CCNCC4)C3)cc2C(=O)C1C(CCC=O)C(N)=O. The normalized spacial score (nSPS) is 24.2. The van der Waals surface area contributed by atoms with Crippen molar-refractivity contribution in [1.82, 2.24) is 10.3 Å². The summed E-state index contributed by atoms with van der Waals surface area (Å²) in [6.07, 6.45) is 9.13. The average molecular weight is 610 g/mol. The minimum atomic E-state index is -0.743. The molecule has 2 saturated carbocycles. The monoisotopic (exact) mass is 609 g/mol. The van der Waals surface area contributed by atoms with Gasteiger partial charge in [0.25, 0.3) is 0 Å². The van der Waals surface area contributed by atoms with Crippen molar-refractivity contribution in [2.75, 3.05) is 42.9 Å². The van der Waals surface area contributed by atoms with Gasteiger partial charge in [0.05, 0.1) is 29.3 Å². The van der Waals surface area contributed by atoms with E-state index < -0.39 is 17.7 Å². The van der Waals surface area contributed by atoms with Crippen molar-refractivity contribution >= 4 is 46.7 Å². The first-order chi connectivity index (χ1) is 21.9. The van der Waals surface area contributed by atoms with Gasteiger partial charge in [-0.15, -0.1) is 0 Å². The zero-order valence-electron chi connectivity index (χ0n) is 25.7. The molecular weight excluding hydrogens is 566 g/mol. The van der Waals surface area contributed by atoms with Crippen LogP contribution in [-0.4, -0.2) is 67.9 Å². The summed E-state index contributed by atoms with van der Waals surface area (Å²) in [6.45, 7) is 8.65. The number of hydrogen-bond donors (Lipinski definition) is 4. The molecule has 45 heavy (non-hydrogen) atoms. The molecule has 1 saturated heterocycles. The predicted octanol–water partition coefficient (Wildman–Crippen LogP) is 3.44. The zero-order chi connectivity index (χ0) is 31.5. The molecule has 2 atom stereocenters. The Morgan fingerprint density at radius 2 is 1.96 bits per heavy atom. The number of rotatable bonds is 13. The number of Topliss-reactive ketones (excluding diaryl/α,β-unsaturated/α-hetero) is 1. The fourth-order valence-corrected chi connectivity index (χ4v) is 6.86. The van der Waals surface area contributed by atoms with E-state index >= 15 is 0 Å². The highest BCUT2D eigenvalue weighted by atomic mass is 16.1. The number of nitrogens with zero attached hydrogens (tertiary/aromatic N) is 3. The lowest BCUT2D eigenvalue weighted by Crippen LogP contribution is -2.44. The highest BCUT2D eigenvalue weighted by molar-refractivity contribution is 6.16. The standard InChI is InChI=1S/C35H43N7O3/c1-21-26-9-8-24(18-28(26)34(44)31(21)27(35(37)45)4-3-15-43)40-19-22-16-25(17-22)41-20-29(32(36)23-6-7-23)33-30(5-2-10-39-33)42-13-11-38-12-14-42/h2,5,8-10,15,18,20,22-23,25,27,31,38,40H,1,3-4,6-7,11-14,16-17,19,36H2,(H2,37,45). The molecule has 2 heterocycles. The smallest absolute Gasteiger partial charge is 0.221 e. The van der Waals surface area contributed by atoms with Crippen molar-refractivity contribution in [3.63, 3.8) is 0 Å². The summed E-state index contributed by atoms with van der Waals surface area (Å²) in [5.74, 6) is -1.33. The van der Waals surface area contributed by atoms with E-state index in [0.29, 0.717) is 23.0 Å². The summed E-state index contributed by atoms with van der Waals surface area (Å²) >= 11 is 0. The molecule has 236 valence electrons. The van der Waals surface area contributed by atoms with Gasteiger partial charge in [-0.1, -0.05) is 12.6 Å². The molecule has 10 heteroatoms. The van der Waals surface area contributed by atoms with Crippen molar-refractivity contribution in [2.24, 2.45) is 40.1 Å². The number of nitrogens with two attached hydrogens (primary N) is 2. The Bertz CT molecular complexity index is 1530. The number of nitrogens with one attached hydrogen (secondary N) is 2. The molecule has 3 aliphatic carbocycles. The van der Waals surface area contributed by atoms with E-state index in [1.807, 2.05) is 36.7 Å². The summed E-state index contributed by atoms with van der Waals surface area (Å²) in [7, 11) is 0. The number of carbonyl (C=O) groups is 3. The van der Waals surface area contributed by atoms with Crippen molar-refractivity contribution in [2.45, 2.75) is 44.6 Å². The number of pyridine rings is 1. The first-order valence-corrected chi connectivity index (χ1v) is 16.1. The Morgan fingerprint density at radius 1 is 1.18 bits per heavy atom. The number of anilines is 2. The third-order valence-electron chi connectivity index (χ3n) is 9.70. The number of primary amides is 1. The lowest BCUT2D eigenvalue weighted by molar-refractivity contribution is -0.122. The van der Waals surface area contributed by atoms with Gasteiger partial charge in [0, 0.05) is 74.1 Å². The van der Waals surface area contributed by atoms with Gasteiger partial charge in [-0.2, -0.15) is 0 Å². The molecule has 1 aromatic carbocycles. The first-order valence-electron chi connectivity index (χ1n) is 16.1. The number of aliphatic imine (C=N–C) groups is 1. The van der Waals surface area contributed by atoms with Gasteiger partial charge in [0.2, 0.25) is 5.91 Å². The molecular formula is C35H43N7O3. The fraction of sp³-hybridized carbons (Fsp3) is 0.457. The van der Waals surface area contributed by atoms with E-state index in [2.05, 4.69) is 28.2 Å². The van der Waals surface area contributed by atoms with Crippen LogP contribution in [0.1, 0.15) is 60.1 Å². The van der Waals surface area contributed by atoms with Gasteiger partial charge in [-0.25, -0.2) is 0 Å². The van der Waals surface area contributed by atoms with Gasteiger partial charge in [0.1, 0.15) is 6.29 Å². The molecule has 4 aliphatic rings. The topological polar surface area (TPSA) is 156 Å². The van der Waals surface area contributed by atoms with E-state index in [1.165, 1.54) is 0 Å². The molecule has 3 fully saturated rings. The number of allylic oxidation sites excluding steroid dienone is 3. The minimum Gasteiger partial charge on any atom is -0.401 e. The van der Waals surface area contributed by atoms with E-state index in [1.54, 1.807) is 0 Å². The van der Waals surface area contributed by atoms with Crippen molar-refractivity contribution in [3.05, 3.63) is 65.6 Å². The third-order valence-corrected chi connectivity index (χ3v) is 9.70. The molecule has 1 aliphatic heterocycles. The maximum absolute atomic E-state index is 13.3. The number of amides is 1. The highest BCUT2D eigenvalue weighted by Gasteiger charge is 2.41. The van der Waals surface area contributed by atoms with Crippen LogP contribution in [-0.2, 0) is 9.59 Å². The van der Waals surface area contributed by atoms with Gasteiger partial charge >= 0.3 is 0 Å². The van der Waals surface area contributed by atoms with Crippen molar-refractivity contribution < 1.29 is 14.4 Å². The van der Waals surface area contributed by atoms with Gasteiger partial charge in [-0.05, 0) is 79.3 Å². The molecule has 10 nitrogen and oxygen atoms in total. The third kappa shape index (κ3) is 6.56. The lowest BCUT2D eigenvalue weighted by Gasteiger charge is -2.33. The van der Waals surface area contributed by atoms with Gasteiger partial charge < -0.3 is 31.8 Å². The summed E-state index contributed by atoms with van der Waals surface area (Å²) in [6, 6.07) is 10.0. The summed E-state index contributed by atoms with van der Waals surface area (Å²) in [5, 5.41) is 6.91. The fourth-order valence-electron chi connectivity index (χ4n) is 6.86. The summed E-state index contributed by atoms with van der Waals surface area (Å²) in [5.41, 5.74) is 18.9. The number of hydrogen-bond acceptors (Lipinski definition) is 9. The second-order valence-corrected chi connectivity index (χ2v) is 12.8. The Morgan fingerprint density at radius 3 is 2.67 bits per heavy atom. The number of piperazine rings is 1. The van der Waals surface area contributed by atoms with Crippen LogP contribution >= 0.6 is 0 Å². The number of benzene rings is 1. The Kier molecular flexibility index (Phi) is 9.11. The van der Waals surface area contributed by atoms with Crippen molar-refractivity contribution in [3.8, 4) is 0 Å². The highest BCUT2D eigenvalue weighted by Crippen LogP contribution is 2.43. The number of aromatic nitrogens is 1. The second kappa shape index (κ2) is 13.4. The van der Waals surface area contributed by atoms with E-state index in [-0.39, 0.29) is 24.7 Å². The number of fused-ring (bicyclic) bond motifs is 1. The van der Waals surface area contributed by atoms with Crippen LogP contribution in [0.25, 0.3) is 11.1 Å². The van der Waals surface area contributed by atoms with Crippen molar-refractivity contribution in [1.29, 1.82) is 0 Å². The van der Waals surface area contributed by atoms with Crippen LogP contribution < -0.4 is 27.0 Å². The Labute approximate surface area is 264 Å². The molecule has 2 aromatic rings.